The maximum absolute atomic E-state index is 11.9. The molecule has 0 radical (unpaired) electrons. The SMILES string of the molecule is CC/C=C\C/C=C\C/C=C\C/C=C\C/C=C\CCCC(=O)OC[C@H](O)COC(=O)CCCCCCCCCCCCCC. The van der Waals surface area contributed by atoms with Crippen LogP contribution in [0.2, 0.25) is 0 Å². The molecule has 0 aliphatic rings. The molecule has 0 fully saturated rings. The number of hydrogen-bond acceptors (Lipinski definition) is 5. The summed E-state index contributed by atoms with van der Waals surface area (Å²) in [5.74, 6) is -0.635. The van der Waals surface area contributed by atoms with Crippen molar-refractivity contribution >= 4 is 11.9 Å². The lowest BCUT2D eigenvalue weighted by atomic mass is 10.0. The van der Waals surface area contributed by atoms with Gasteiger partial charge in [0.05, 0.1) is 0 Å². The number of aliphatic hydroxyl groups is 1. The molecule has 246 valence electrons. The number of rotatable bonds is 30. The third-order valence-electron chi connectivity index (χ3n) is 7.02. The van der Waals surface area contributed by atoms with E-state index in [0.29, 0.717) is 19.3 Å². The topological polar surface area (TPSA) is 72.8 Å². The second-order valence-corrected chi connectivity index (χ2v) is 11.3. The predicted octanol–water partition coefficient (Wildman–Crippen LogP) is 10.4. The number of ether oxygens (including phenoxy) is 2. The van der Waals surface area contributed by atoms with Crippen LogP contribution in [0, 0.1) is 0 Å². The molecule has 0 saturated heterocycles. The number of carbonyl (C=O) groups is 2. The van der Waals surface area contributed by atoms with Crippen molar-refractivity contribution in [3.8, 4) is 0 Å². The van der Waals surface area contributed by atoms with E-state index in [1.807, 2.05) is 0 Å². The second-order valence-electron chi connectivity index (χ2n) is 11.3. The van der Waals surface area contributed by atoms with E-state index in [9.17, 15) is 14.7 Å². The number of esters is 2. The summed E-state index contributed by atoms with van der Waals surface area (Å²) >= 11 is 0. The van der Waals surface area contributed by atoms with Gasteiger partial charge in [-0.05, 0) is 51.4 Å². The molecule has 5 nitrogen and oxygen atoms in total. The van der Waals surface area contributed by atoms with E-state index in [4.69, 9.17) is 9.47 Å². The highest BCUT2D eigenvalue weighted by molar-refractivity contribution is 5.69. The fourth-order valence-corrected chi connectivity index (χ4v) is 4.41. The molecular weight excluding hydrogens is 536 g/mol. The maximum Gasteiger partial charge on any atom is 0.305 e. The van der Waals surface area contributed by atoms with Crippen LogP contribution in [0.15, 0.2) is 60.8 Å². The molecule has 0 aliphatic heterocycles. The molecule has 1 atom stereocenters. The summed E-state index contributed by atoms with van der Waals surface area (Å²) in [7, 11) is 0. The second kappa shape index (κ2) is 34.1. The lowest BCUT2D eigenvalue weighted by molar-refractivity contribution is -0.152. The molecule has 0 spiro atoms. The largest absolute Gasteiger partial charge is 0.463 e. The third kappa shape index (κ3) is 34.0. The van der Waals surface area contributed by atoms with Crippen LogP contribution in [-0.2, 0) is 19.1 Å². The molecule has 0 heterocycles. The maximum atomic E-state index is 11.9. The van der Waals surface area contributed by atoms with Crippen molar-refractivity contribution in [2.75, 3.05) is 13.2 Å². The highest BCUT2D eigenvalue weighted by atomic mass is 16.6. The van der Waals surface area contributed by atoms with E-state index in [1.165, 1.54) is 57.8 Å². The van der Waals surface area contributed by atoms with Crippen molar-refractivity contribution in [1.82, 2.24) is 0 Å². The minimum absolute atomic E-state index is 0.135. The Morgan fingerprint density at radius 3 is 1.33 bits per heavy atom. The van der Waals surface area contributed by atoms with Gasteiger partial charge in [0.25, 0.3) is 0 Å². The minimum atomic E-state index is -0.985. The highest BCUT2D eigenvalue weighted by Gasteiger charge is 2.11. The Bertz CT molecular complexity index is 777. The van der Waals surface area contributed by atoms with Crippen molar-refractivity contribution < 1.29 is 24.2 Å². The van der Waals surface area contributed by atoms with Crippen LogP contribution in [0.5, 0.6) is 0 Å². The quantitative estimate of drug-likeness (QED) is 0.0504. The van der Waals surface area contributed by atoms with Gasteiger partial charge < -0.3 is 14.6 Å². The van der Waals surface area contributed by atoms with Crippen molar-refractivity contribution in [2.45, 2.75) is 155 Å². The number of allylic oxidation sites excluding steroid dienone is 10. The zero-order chi connectivity index (χ0) is 31.5. The van der Waals surface area contributed by atoms with Crippen molar-refractivity contribution in [3.63, 3.8) is 0 Å². The number of carbonyl (C=O) groups excluding carboxylic acids is 2. The lowest BCUT2D eigenvalue weighted by Gasteiger charge is -2.12. The van der Waals surface area contributed by atoms with Gasteiger partial charge in [-0.1, -0.05) is 145 Å². The molecule has 0 rings (SSSR count). The molecule has 0 unspecified atom stereocenters. The van der Waals surface area contributed by atoms with Gasteiger partial charge in [-0.3, -0.25) is 9.59 Å². The fourth-order valence-electron chi connectivity index (χ4n) is 4.41. The van der Waals surface area contributed by atoms with Gasteiger partial charge in [-0.15, -0.1) is 0 Å². The third-order valence-corrected chi connectivity index (χ3v) is 7.02. The first-order chi connectivity index (χ1) is 21.1. The van der Waals surface area contributed by atoms with Crippen molar-refractivity contribution in [1.29, 1.82) is 0 Å². The minimum Gasteiger partial charge on any atom is -0.463 e. The van der Waals surface area contributed by atoms with Crippen LogP contribution < -0.4 is 0 Å². The first kappa shape index (κ1) is 40.6. The molecule has 0 aromatic carbocycles. The van der Waals surface area contributed by atoms with Gasteiger partial charge >= 0.3 is 11.9 Å². The van der Waals surface area contributed by atoms with E-state index in [-0.39, 0.29) is 25.2 Å². The number of hydrogen-bond donors (Lipinski definition) is 1. The van der Waals surface area contributed by atoms with Crippen LogP contribution >= 0.6 is 0 Å². The van der Waals surface area contributed by atoms with E-state index in [1.54, 1.807) is 0 Å². The Balaban J connectivity index is 3.58. The van der Waals surface area contributed by atoms with Crippen LogP contribution in [0.4, 0.5) is 0 Å². The van der Waals surface area contributed by atoms with E-state index in [2.05, 4.69) is 74.6 Å². The Morgan fingerprint density at radius 1 is 0.512 bits per heavy atom. The van der Waals surface area contributed by atoms with Gasteiger partial charge in [-0.25, -0.2) is 0 Å². The van der Waals surface area contributed by atoms with Crippen LogP contribution in [0.3, 0.4) is 0 Å². The van der Waals surface area contributed by atoms with Crippen LogP contribution in [-0.4, -0.2) is 36.4 Å². The molecule has 0 amide bonds. The van der Waals surface area contributed by atoms with Gasteiger partial charge in [-0.2, -0.15) is 0 Å². The number of unbranched alkanes of at least 4 members (excludes halogenated alkanes) is 12. The van der Waals surface area contributed by atoms with E-state index >= 15 is 0 Å². The van der Waals surface area contributed by atoms with Crippen LogP contribution in [0.1, 0.15) is 149 Å². The summed E-state index contributed by atoms with van der Waals surface area (Å²) in [6.45, 7) is 4.11. The summed E-state index contributed by atoms with van der Waals surface area (Å²) < 4.78 is 10.2. The molecule has 0 bridgehead atoms. The smallest absolute Gasteiger partial charge is 0.305 e. The Morgan fingerprint density at radius 2 is 0.884 bits per heavy atom. The molecular formula is C38H64O5. The summed E-state index contributed by atoms with van der Waals surface area (Å²) in [5, 5.41) is 9.96. The van der Waals surface area contributed by atoms with E-state index in [0.717, 1.165) is 57.8 Å². The fraction of sp³-hybridized carbons (Fsp3) is 0.684. The van der Waals surface area contributed by atoms with Gasteiger partial charge in [0.2, 0.25) is 0 Å². The Kier molecular flexibility index (Phi) is 32.2. The van der Waals surface area contributed by atoms with Gasteiger partial charge in [0.15, 0.2) is 0 Å². The summed E-state index contributed by atoms with van der Waals surface area (Å²) in [4.78, 5) is 23.8. The molecule has 0 saturated carbocycles. The highest BCUT2D eigenvalue weighted by Crippen LogP contribution is 2.12. The molecule has 43 heavy (non-hydrogen) atoms. The Labute approximate surface area is 264 Å². The normalized spacial score (nSPS) is 12.9. The zero-order valence-corrected chi connectivity index (χ0v) is 27.7. The lowest BCUT2D eigenvalue weighted by Crippen LogP contribution is -2.25. The molecule has 0 aliphatic carbocycles. The standard InChI is InChI=1S/C38H64O5/c1-3-5-7-9-11-13-15-17-18-19-20-21-23-25-27-29-31-33-38(41)43-35-36(39)34-42-37(40)32-30-28-26-24-22-16-14-12-10-8-6-4-2/h5,7,11,13,17-18,20-21,25,27,36,39H,3-4,6,8-10,12,14-16,19,22-24,26,28-35H2,1-2H3/b7-5-,13-11-,18-17-,21-20-,27-25-/t36-/m1/s1. The zero-order valence-electron chi connectivity index (χ0n) is 27.7. The molecule has 1 N–H and O–H groups in total. The van der Waals surface area contributed by atoms with Crippen LogP contribution in [0.25, 0.3) is 0 Å². The van der Waals surface area contributed by atoms with Crippen molar-refractivity contribution in [2.24, 2.45) is 0 Å². The Hall–Kier alpha value is -2.40. The average Bonchev–Trinajstić information content (AvgIpc) is 3.01. The molecule has 0 aromatic rings. The van der Waals surface area contributed by atoms with Crippen molar-refractivity contribution in [3.05, 3.63) is 60.8 Å². The summed E-state index contributed by atoms with van der Waals surface area (Å²) in [6.07, 6.45) is 42.7. The van der Waals surface area contributed by atoms with E-state index < -0.39 is 6.10 Å². The molecule has 0 aromatic heterocycles. The number of aliphatic hydroxyl groups excluding tert-OH is 1. The first-order valence-electron chi connectivity index (χ1n) is 17.3. The summed E-state index contributed by atoms with van der Waals surface area (Å²) in [5.41, 5.74) is 0. The average molecular weight is 601 g/mol. The first-order valence-corrected chi connectivity index (χ1v) is 17.3. The van der Waals surface area contributed by atoms with Gasteiger partial charge in [0, 0.05) is 12.8 Å². The monoisotopic (exact) mass is 600 g/mol. The predicted molar refractivity (Wildman–Crippen MR) is 182 cm³/mol. The summed E-state index contributed by atoms with van der Waals surface area (Å²) in [6, 6.07) is 0. The molecule has 5 heteroatoms. The van der Waals surface area contributed by atoms with Gasteiger partial charge in [0.1, 0.15) is 19.3 Å².